The van der Waals surface area contributed by atoms with Crippen molar-refractivity contribution in [2.45, 2.75) is 24.3 Å². The van der Waals surface area contributed by atoms with Crippen molar-refractivity contribution in [1.82, 2.24) is 4.72 Å². The molecule has 0 saturated carbocycles. The zero-order chi connectivity index (χ0) is 17.6. The molecule has 0 aromatic heterocycles. The molecule has 0 radical (unpaired) electrons. The van der Waals surface area contributed by atoms with Crippen molar-refractivity contribution >= 4 is 31.9 Å². The molecule has 0 saturated heterocycles. The highest BCUT2D eigenvalue weighted by molar-refractivity contribution is 9.10. The van der Waals surface area contributed by atoms with Crippen LogP contribution in [0.4, 0.5) is 0 Å². The second kappa shape index (κ2) is 8.41. The molecule has 0 aliphatic heterocycles. The molecule has 0 aliphatic rings. The lowest BCUT2D eigenvalue weighted by Gasteiger charge is -2.18. The summed E-state index contributed by atoms with van der Waals surface area (Å²) in [5.41, 5.74) is 0.698. The molecule has 1 unspecified atom stereocenters. The molecule has 2 aromatic rings. The van der Waals surface area contributed by atoms with Crippen LogP contribution < -0.4 is 4.72 Å². The highest BCUT2D eigenvalue weighted by Crippen LogP contribution is 2.22. The lowest BCUT2D eigenvalue weighted by molar-refractivity contribution is -0.143. The summed E-state index contributed by atoms with van der Waals surface area (Å²) in [6.07, 6.45) is -0.0783. The summed E-state index contributed by atoms with van der Waals surface area (Å²) in [4.78, 5) is 12.0. The fraction of sp³-hybridized carbons (Fsp3) is 0.235. The molecule has 5 nitrogen and oxygen atoms in total. The average Bonchev–Trinajstić information content (AvgIpc) is 2.55. The van der Waals surface area contributed by atoms with E-state index in [1.165, 1.54) is 12.1 Å². The van der Waals surface area contributed by atoms with E-state index in [1.54, 1.807) is 43.3 Å². The van der Waals surface area contributed by atoms with Gasteiger partial charge in [-0.2, -0.15) is 0 Å². The van der Waals surface area contributed by atoms with Crippen LogP contribution in [0.5, 0.6) is 0 Å². The smallest absolute Gasteiger partial charge is 0.307 e. The molecule has 0 bridgehead atoms. The van der Waals surface area contributed by atoms with E-state index in [2.05, 4.69) is 20.7 Å². The maximum Gasteiger partial charge on any atom is 0.307 e. The van der Waals surface area contributed by atoms with Crippen LogP contribution in [-0.2, 0) is 19.6 Å². The van der Waals surface area contributed by atoms with E-state index < -0.39 is 22.0 Å². The van der Waals surface area contributed by atoms with E-state index >= 15 is 0 Å². The van der Waals surface area contributed by atoms with Crippen LogP contribution in [0.3, 0.4) is 0 Å². The minimum Gasteiger partial charge on any atom is -0.466 e. The molecular formula is C17H18BrNO4S. The van der Waals surface area contributed by atoms with Crippen molar-refractivity contribution in [3.8, 4) is 0 Å². The van der Waals surface area contributed by atoms with Gasteiger partial charge in [-0.15, -0.1) is 0 Å². The Morgan fingerprint density at radius 1 is 1.17 bits per heavy atom. The first-order valence-corrected chi connectivity index (χ1v) is 9.68. The van der Waals surface area contributed by atoms with E-state index in [1.807, 2.05) is 6.07 Å². The Morgan fingerprint density at radius 2 is 1.88 bits per heavy atom. The Kier molecular flexibility index (Phi) is 6.53. The average molecular weight is 412 g/mol. The number of sulfonamides is 1. The molecule has 7 heteroatoms. The van der Waals surface area contributed by atoms with Gasteiger partial charge in [0.25, 0.3) is 0 Å². The molecule has 0 aliphatic carbocycles. The first kappa shape index (κ1) is 18.6. The molecular weight excluding hydrogens is 394 g/mol. The topological polar surface area (TPSA) is 72.5 Å². The molecule has 128 valence electrons. The first-order valence-electron chi connectivity index (χ1n) is 7.41. The Balaban J connectivity index is 2.29. The van der Waals surface area contributed by atoms with Crippen LogP contribution in [-0.4, -0.2) is 21.0 Å². The minimum atomic E-state index is -3.78. The van der Waals surface area contributed by atoms with E-state index in [4.69, 9.17) is 4.74 Å². The normalized spacial score (nSPS) is 12.6. The number of esters is 1. The number of halogens is 1. The van der Waals surface area contributed by atoms with Crippen LogP contribution >= 0.6 is 15.9 Å². The third-order valence-corrected chi connectivity index (χ3v) is 5.24. The first-order chi connectivity index (χ1) is 11.4. The SMILES string of the molecule is CCOC(=O)CC(NS(=O)(=O)c1cccc(Br)c1)c1ccccc1. The van der Waals surface area contributed by atoms with Crippen molar-refractivity contribution in [1.29, 1.82) is 0 Å². The van der Waals surface area contributed by atoms with Crippen molar-refractivity contribution in [3.05, 3.63) is 64.6 Å². The number of benzene rings is 2. The van der Waals surface area contributed by atoms with Gasteiger partial charge in [0.2, 0.25) is 10.0 Å². The zero-order valence-corrected chi connectivity index (χ0v) is 15.5. The van der Waals surface area contributed by atoms with Crippen LogP contribution in [0.2, 0.25) is 0 Å². The summed E-state index contributed by atoms with van der Waals surface area (Å²) in [6, 6.07) is 14.6. The van der Waals surface area contributed by atoms with Crippen molar-refractivity contribution in [2.24, 2.45) is 0 Å². The van der Waals surface area contributed by atoms with E-state index in [0.29, 0.717) is 10.0 Å². The highest BCUT2D eigenvalue weighted by Gasteiger charge is 2.24. The maximum absolute atomic E-state index is 12.6. The quantitative estimate of drug-likeness (QED) is 0.708. The number of nitrogens with one attached hydrogen (secondary N) is 1. The molecule has 1 atom stereocenters. The fourth-order valence-corrected chi connectivity index (χ4v) is 4.01. The summed E-state index contributed by atoms with van der Waals surface area (Å²) in [5, 5.41) is 0. The predicted octanol–water partition coefficient (Wildman–Crippen LogP) is 3.42. The van der Waals surface area contributed by atoms with E-state index in [0.717, 1.165) is 0 Å². The third kappa shape index (κ3) is 5.15. The fourth-order valence-electron chi connectivity index (χ4n) is 2.19. The molecule has 2 aromatic carbocycles. The van der Waals surface area contributed by atoms with Crippen molar-refractivity contribution < 1.29 is 17.9 Å². The minimum absolute atomic E-state index is 0.0783. The number of hydrogen-bond acceptors (Lipinski definition) is 4. The molecule has 0 fully saturated rings. The van der Waals surface area contributed by atoms with E-state index in [-0.39, 0.29) is 17.9 Å². The molecule has 0 spiro atoms. The maximum atomic E-state index is 12.6. The second-order valence-corrected chi connectivity index (χ2v) is 7.68. The molecule has 1 N–H and O–H groups in total. The molecule has 24 heavy (non-hydrogen) atoms. The summed E-state index contributed by atoms with van der Waals surface area (Å²) in [7, 11) is -3.78. The standard InChI is InChI=1S/C17H18BrNO4S/c1-2-23-17(20)12-16(13-7-4-3-5-8-13)19-24(21,22)15-10-6-9-14(18)11-15/h3-11,16,19H,2,12H2,1H3. The van der Waals surface area contributed by atoms with Gasteiger partial charge in [-0.25, -0.2) is 13.1 Å². The summed E-state index contributed by atoms with van der Waals surface area (Å²) in [5.74, 6) is -0.455. The van der Waals surface area contributed by atoms with Crippen molar-refractivity contribution in [3.63, 3.8) is 0 Å². The Hall–Kier alpha value is -1.70. The number of ether oxygens (including phenoxy) is 1. The van der Waals surface area contributed by atoms with Gasteiger partial charge in [0.1, 0.15) is 0 Å². The Morgan fingerprint density at radius 3 is 2.50 bits per heavy atom. The van der Waals surface area contributed by atoms with Gasteiger partial charge in [0.05, 0.1) is 24.0 Å². The summed E-state index contributed by atoms with van der Waals surface area (Å²) in [6.45, 7) is 1.96. The molecule has 0 amide bonds. The lowest BCUT2D eigenvalue weighted by atomic mass is 10.1. The van der Waals surface area contributed by atoms with E-state index in [9.17, 15) is 13.2 Å². The lowest BCUT2D eigenvalue weighted by Crippen LogP contribution is -2.30. The Labute approximate surface area is 150 Å². The van der Waals surface area contributed by atoms with Gasteiger partial charge < -0.3 is 4.74 Å². The van der Waals surface area contributed by atoms with Gasteiger partial charge in [0.15, 0.2) is 0 Å². The number of carbonyl (C=O) groups is 1. The largest absolute Gasteiger partial charge is 0.466 e. The molecule has 0 heterocycles. The van der Waals surface area contributed by atoms with Crippen LogP contribution in [0.1, 0.15) is 24.9 Å². The van der Waals surface area contributed by atoms with Crippen LogP contribution in [0, 0.1) is 0 Å². The number of hydrogen-bond donors (Lipinski definition) is 1. The second-order valence-electron chi connectivity index (χ2n) is 5.05. The van der Waals surface area contributed by atoms with Crippen molar-refractivity contribution in [2.75, 3.05) is 6.61 Å². The molecule has 2 rings (SSSR count). The van der Waals surface area contributed by atoms with Crippen LogP contribution in [0.15, 0.2) is 64.0 Å². The number of carbonyl (C=O) groups excluding carboxylic acids is 1. The monoisotopic (exact) mass is 411 g/mol. The van der Waals surface area contributed by atoms with Gasteiger partial charge >= 0.3 is 5.97 Å². The number of rotatable bonds is 7. The summed E-state index contributed by atoms with van der Waals surface area (Å²) < 4.78 is 33.5. The van der Waals surface area contributed by atoms with Gasteiger partial charge in [-0.3, -0.25) is 4.79 Å². The van der Waals surface area contributed by atoms with Gasteiger partial charge in [0, 0.05) is 4.47 Å². The van der Waals surface area contributed by atoms with Gasteiger partial charge in [-0.1, -0.05) is 52.3 Å². The third-order valence-electron chi connectivity index (χ3n) is 3.28. The zero-order valence-electron chi connectivity index (χ0n) is 13.1. The summed E-state index contributed by atoms with van der Waals surface area (Å²) >= 11 is 3.26. The highest BCUT2D eigenvalue weighted by atomic mass is 79.9. The van der Waals surface area contributed by atoms with Gasteiger partial charge in [-0.05, 0) is 30.7 Å². The van der Waals surface area contributed by atoms with Crippen LogP contribution in [0.25, 0.3) is 0 Å². The Bertz CT molecular complexity index is 793. The predicted molar refractivity (Wildman–Crippen MR) is 94.9 cm³/mol.